The minimum atomic E-state index is 0.572. The van der Waals surface area contributed by atoms with Crippen molar-refractivity contribution in [2.75, 3.05) is 52.6 Å². The second-order valence-corrected chi connectivity index (χ2v) is 9.29. The van der Waals surface area contributed by atoms with Crippen LogP contribution < -0.4 is 15.8 Å². The van der Waals surface area contributed by atoms with E-state index in [1.54, 1.807) is 0 Å². The molecule has 7 nitrogen and oxygen atoms in total. The summed E-state index contributed by atoms with van der Waals surface area (Å²) in [7, 11) is 4.17. The number of nitrogen functional groups attached to an aromatic ring is 1. The van der Waals surface area contributed by atoms with E-state index in [1.165, 1.54) is 12.0 Å². The monoisotopic (exact) mass is 450 g/mol. The number of hydrogen-bond donors (Lipinski definition) is 2. The van der Waals surface area contributed by atoms with E-state index in [9.17, 15) is 0 Å². The zero-order valence-corrected chi connectivity index (χ0v) is 20.0. The van der Waals surface area contributed by atoms with Crippen molar-refractivity contribution in [1.82, 2.24) is 24.7 Å². The average Bonchev–Trinajstić information content (AvgIpc) is 3.37. The number of rotatable bonds is 12. The summed E-state index contributed by atoms with van der Waals surface area (Å²) in [6.07, 6.45) is 3.23. The maximum absolute atomic E-state index is 6.16. The first-order chi connectivity index (χ1) is 16.1. The molecule has 0 aliphatic carbocycles. The molecule has 1 atom stereocenters. The van der Waals surface area contributed by atoms with Gasteiger partial charge in [0.05, 0.1) is 17.6 Å². The van der Waals surface area contributed by atoms with Gasteiger partial charge in [0.25, 0.3) is 0 Å². The molecule has 3 N–H and O–H groups in total. The van der Waals surface area contributed by atoms with Crippen LogP contribution in [0, 0.1) is 0 Å². The Bertz CT molecular complexity index is 1000. The zero-order chi connectivity index (χ0) is 23.0. The minimum Gasteiger partial charge on any atom is -0.493 e. The molecule has 4 rings (SSSR count). The molecular weight excluding hydrogens is 412 g/mol. The van der Waals surface area contributed by atoms with Crippen LogP contribution in [0.25, 0.3) is 11.0 Å². The third-order valence-corrected chi connectivity index (χ3v) is 6.28. The highest BCUT2D eigenvalue weighted by Gasteiger charge is 2.21. The van der Waals surface area contributed by atoms with Gasteiger partial charge in [-0.15, -0.1) is 0 Å². The summed E-state index contributed by atoms with van der Waals surface area (Å²) in [6, 6.07) is 17.4. The molecule has 0 saturated carbocycles. The number of ether oxygens (including phenoxy) is 1. The molecule has 1 aromatic heterocycles. The van der Waals surface area contributed by atoms with Crippen molar-refractivity contribution in [3.05, 3.63) is 54.1 Å². The molecular formula is C26H38N6O. The summed E-state index contributed by atoms with van der Waals surface area (Å²) in [5, 5.41) is 3.70. The van der Waals surface area contributed by atoms with Crippen LogP contribution in [-0.4, -0.2) is 72.3 Å². The number of nitrogens with two attached hydrogens (primary N) is 1. The smallest absolute Gasteiger partial charge is 0.201 e. The second-order valence-electron chi connectivity index (χ2n) is 9.29. The van der Waals surface area contributed by atoms with Gasteiger partial charge in [0.1, 0.15) is 5.75 Å². The van der Waals surface area contributed by atoms with Crippen LogP contribution in [0.2, 0.25) is 0 Å². The van der Waals surface area contributed by atoms with E-state index in [0.29, 0.717) is 18.6 Å². The topological polar surface area (TPSA) is 71.6 Å². The summed E-state index contributed by atoms with van der Waals surface area (Å²) in [6.45, 7) is 6.87. The molecule has 1 fully saturated rings. The summed E-state index contributed by atoms with van der Waals surface area (Å²) >= 11 is 0. The van der Waals surface area contributed by atoms with Crippen molar-refractivity contribution in [2.45, 2.75) is 38.4 Å². The fourth-order valence-corrected chi connectivity index (χ4v) is 4.54. The Morgan fingerprint density at radius 2 is 2.00 bits per heavy atom. The maximum atomic E-state index is 6.16. The molecule has 2 heterocycles. The number of likely N-dealkylation sites (tertiary alicyclic amines) is 1. The number of anilines is 1. The summed E-state index contributed by atoms with van der Waals surface area (Å²) in [5.74, 6) is 1.45. The van der Waals surface area contributed by atoms with E-state index in [4.69, 9.17) is 10.5 Å². The molecule has 0 amide bonds. The third-order valence-electron chi connectivity index (χ3n) is 6.28. The van der Waals surface area contributed by atoms with Crippen LogP contribution in [0.15, 0.2) is 48.5 Å². The number of benzene rings is 2. The van der Waals surface area contributed by atoms with E-state index in [2.05, 4.69) is 75.2 Å². The van der Waals surface area contributed by atoms with Gasteiger partial charge in [-0.25, -0.2) is 4.98 Å². The first kappa shape index (κ1) is 23.5. The van der Waals surface area contributed by atoms with Crippen molar-refractivity contribution >= 4 is 17.0 Å². The third kappa shape index (κ3) is 6.69. The average molecular weight is 451 g/mol. The number of nitrogens with zero attached hydrogens (tertiary/aromatic N) is 4. The van der Waals surface area contributed by atoms with Gasteiger partial charge in [-0.1, -0.05) is 30.3 Å². The Kier molecular flexibility index (Phi) is 8.20. The van der Waals surface area contributed by atoms with Crippen molar-refractivity contribution in [1.29, 1.82) is 0 Å². The van der Waals surface area contributed by atoms with Crippen molar-refractivity contribution in [3.8, 4) is 5.75 Å². The van der Waals surface area contributed by atoms with Crippen LogP contribution in [0.4, 0.5) is 5.95 Å². The standard InChI is InChI=1S/C26H38N6O/c1-30(2)14-7-15-32-25-18-23(10-11-24(25)29-26(32)27)33-17-6-13-28-22-12-16-31(20-22)19-21-8-4-3-5-9-21/h3-5,8-11,18,22,28H,6-7,12-17,19-20H2,1-2H3,(H2,27,29)/t22-/m1/s1. The predicted molar refractivity (Wildman–Crippen MR) is 136 cm³/mol. The van der Waals surface area contributed by atoms with Gasteiger partial charge in [-0.05, 0) is 64.1 Å². The first-order valence-corrected chi connectivity index (χ1v) is 12.1. The molecule has 0 bridgehead atoms. The van der Waals surface area contributed by atoms with Crippen molar-refractivity contribution in [2.24, 2.45) is 0 Å². The molecule has 178 valence electrons. The van der Waals surface area contributed by atoms with Gasteiger partial charge in [-0.3, -0.25) is 4.90 Å². The van der Waals surface area contributed by atoms with Crippen LogP contribution in [0.3, 0.4) is 0 Å². The van der Waals surface area contributed by atoms with E-state index < -0.39 is 0 Å². The Hall–Kier alpha value is -2.61. The van der Waals surface area contributed by atoms with Gasteiger partial charge in [0.2, 0.25) is 5.95 Å². The predicted octanol–water partition coefficient (Wildman–Crippen LogP) is 3.20. The number of hydrogen-bond acceptors (Lipinski definition) is 6. The summed E-state index contributed by atoms with van der Waals surface area (Å²) in [4.78, 5) is 9.21. The highest BCUT2D eigenvalue weighted by molar-refractivity contribution is 5.79. The number of imidazole rings is 1. The van der Waals surface area contributed by atoms with Crippen molar-refractivity contribution in [3.63, 3.8) is 0 Å². The van der Waals surface area contributed by atoms with Gasteiger partial charge in [0, 0.05) is 38.3 Å². The van der Waals surface area contributed by atoms with E-state index >= 15 is 0 Å². The molecule has 7 heteroatoms. The molecule has 3 aromatic rings. The van der Waals surface area contributed by atoms with E-state index in [0.717, 1.165) is 68.9 Å². The fourth-order valence-electron chi connectivity index (χ4n) is 4.54. The lowest BCUT2D eigenvalue weighted by molar-refractivity contribution is 0.299. The van der Waals surface area contributed by atoms with Gasteiger partial charge < -0.3 is 25.3 Å². The fraction of sp³-hybridized carbons (Fsp3) is 0.500. The lowest BCUT2D eigenvalue weighted by Crippen LogP contribution is -2.33. The Labute approximate surface area is 197 Å². The largest absolute Gasteiger partial charge is 0.493 e. The quantitative estimate of drug-likeness (QED) is 0.413. The lowest BCUT2D eigenvalue weighted by atomic mass is 10.2. The van der Waals surface area contributed by atoms with Gasteiger partial charge in [-0.2, -0.15) is 0 Å². The Morgan fingerprint density at radius 1 is 1.15 bits per heavy atom. The molecule has 2 aromatic carbocycles. The molecule has 1 aliphatic rings. The van der Waals surface area contributed by atoms with Crippen LogP contribution in [0.1, 0.15) is 24.8 Å². The molecule has 0 unspecified atom stereocenters. The first-order valence-electron chi connectivity index (χ1n) is 12.1. The Balaban J connectivity index is 1.19. The van der Waals surface area contributed by atoms with E-state index in [1.807, 2.05) is 12.1 Å². The zero-order valence-electron chi connectivity index (χ0n) is 20.0. The molecule has 1 aliphatic heterocycles. The minimum absolute atomic E-state index is 0.572. The van der Waals surface area contributed by atoms with Crippen LogP contribution in [0.5, 0.6) is 5.75 Å². The molecule has 33 heavy (non-hydrogen) atoms. The highest BCUT2D eigenvalue weighted by Crippen LogP contribution is 2.24. The van der Waals surface area contributed by atoms with E-state index in [-0.39, 0.29) is 0 Å². The number of nitrogens with one attached hydrogen (secondary N) is 1. The lowest BCUT2D eigenvalue weighted by Gasteiger charge is -2.17. The van der Waals surface area contributed by atoms with Crippen molar-refractivity contribution < 1.29 is 4.74 Å². The van der Waals surface area contributed by atoms with Crippen LogP contribution >= 0.6 is 0 Å². The Morgan fingerprint density at radius 3 is 2.82 bits per heavy atom. The SMILES string of the molecule is CN(C)CCCn1c(N)nc2ccc(OCCCN[C@@H]3CCN(Cc4ccccc4)C3)cc21. The number of aromatic nitrogens is 2. The van der Waals surface area contributed by atoms with Crippen LogP contribution in [-0.2, 0) is 13.1 Å². The highest BCUT2D eigenvalue weighted by atomic mass is 16.5. The summed E-state index contributed by atoms with van der Waals surface area (Å²) in [5.41, 5.74) is 9.52. The summed E-state index contributed by atoms with van der Waals surface area (Å²) < 4.78 is 8.14. The molecule has 0 radical (unpaired) electrons. The normalized spacial score (nSPS) is 16.8. The number of aryl methyl sites for hydroxylation is 1. The maximum Gasteiger partial charge on any atom is 0.201 e. The van der Waals surface area contributed by atoms with Gasteiger partial charge >= 0.3 is 0 Å². The van der Waals surface area contributed by atoms with Gasteiger partial charge in [0.15, 0.2) is 0 Å². The number of fused-ring (bicyclic) bond motifs is 1. The molecule has 1 saturated heterocycles. The molecule has 0 spiro atoms. The second kappa shape index (κ2) is 11.5.